The Morgan fingerprint density at radius 2 is 2.07 bits per heavy atom. The van der Waals surface area contributed by atoms with Gasteiger partial charge in [0, 0.05) is 12.0 Å². The summed E-state index contributed by atoms with van der Waals surface area (Å²) in [6.45, 7) is 4.46. The van der Waals surface area contributed by atoms with Crippen LogP contribution < -0.4 is 20.1 Å². The van der Waals surface area contributed by atoms with Crippen LogP contribution in [0.1, 0.15) is 42.1 Å². The van der Waals surface area contributed by atoms with E-state index in [9.17, 15) is 9.59 Å². The van der Waals surface area contributed by atoms with Crippen LogP contribution in [0.15, 0.2) is 42.5 Å². The van der Waals surface area contributed by atoms with E-state index in [-0.39, 0.29) is 18.3 Å². The van der Waals surface area contributed by atoms with Gasteiger partial charge in [-0.05, 0) is 75.2 Å². The van der Waals surface area contributed by atoms with Crippen LogP contribution in [0.5, 0.6) is 11.5 Å². The molecule has 6 heteroatoms. The molecule has 6 nitrogen and oxygen atoms in total. The minimum atomic E-state index is -0.196. The SMILES string of the molecule is CCOc1cccc(CCNCCCCC(=O)c2ccc3c(c2)NC(=O)CO3)c1. The molecule has 0 saturated heterocycles. The maximum absolute atomic E-state index is 12.4. The number of amides is 1. The van der Waals surface area contributed by atoms with Crippen molar-refractivity contribution in [3.63, 3.8) is 0 Å². The van der Waals surface area contributed by atoms with Crippen LogP contribution in [0.25, 0.3) is 0 Å². The fraction of sp³-hybridized carbons (Fsp3) is 0.391. The third kappa shape index (κ3) is 6.32. The first-order valence-corrected chi connectivity index (χ1v) is 10.2. The number of hydrogen-bond donors (Lipinski definition) is 2. The first-order chi connectivity index (χ1) is 14.2. The lowest BCUT2D eigenvalue weighted by molar-refractivity contribution is -0.118. The number of fused-ring (bicyclic) bond motifs is 1. The van der Waals surface area contributed by atoms with Crippen molar-refractivity contribution in [2.45, 2.75) is 32.6 Å². The molecule has 0 saturated carbocycles. The molecule has 29 heavy (non-hydrogen) atoms. The lowest BCUT2D eigenvalue weighted by Gasteiger charge is -2.18. The normalized spacial score (nSPS) is 12.7. The molecule has 154 valence electrons. The third-order valence-corrected chi connectivity index (χ3v) is 4.74. The molecular formula is C23H28N2O4. The maximum Gasteiger partial charge on any atom is 0.262 e. The van der Waals surface area contributed by atoms with E-state index >= 15 is 0 Å². The van der Waals surface area contributed by atoms with Crippen LogP contribution in [0.3, 0.4) is 0 Å². The minimum absolute atomic E-state index is 0.0191. The van der Waals surface area contributed by atoms with Crippen molar-refractivity contribution < 1.29 is 19.1 Å². The lowest BCUT2D eigenvalue weighted by atomic mass is 10.0. The number of ketones is 1. The van der Waals surface area contributed by atoms with Crippen molar-refractivity contribution in [2.24, 2.45) is 0 Å². The summed E-state index contributed by atoms with van der Waals surface area (Å²) in [5.41, 5.74) is 2.43. The Morgan fingerprint density at radius 3 is 2.93 bits per heavy atom. The summed E-state index contributed by atoms with van der Waals surface area (Å²) in [6.07, 6.45) is 3.20. The summed E-state index contributed by atoms with van der Waals surface area (Å²) < 4.78 is 10.8. The second-order valence-corrected chi connectivity index (χ2v) is 7.01. The molecule has 0 fully saturated rings. The molecule has 1 heterocycles. The fourth-order valence-corrected chi connectivity index (χ4v) is 3.25. The van der Waals surface area contributed by atoms with Crippen molar-refractivity contribution in [2.75, 3.05) is 31.6 Å². The van der Waals surface area contributed by atoms with Crippen LogP contribution in [-0.4, -0.2) is 38.0 Å². The zero-order chi connectivity index (χ0) is 20.5. The van der Waals surface area contributed by atoms with Gasteiger partial charge in [0.1, 0.15) is 11.5 Å². The van der Waals surface area contributed by atoms with E-state index in [1.54, 1.807) is 18.2 Å². The molecule has 3 rings (SSSR count). The van der Waals surface area contributed by atoms with Gasteiger partial charge < -0.3 is 20.1 Å². The Balaban J connectivity index is 1.32. The van der Waals surface area contributed by atoms with E-state index in [0.29, 0.717) is 30.0 Å². The number of unbranched alkanes of at least 4 members (excludes halogenated alkanes) is 1. The number of anilines is 1. The smallest absolute Gasteiger partial charge is 0.262 e. The van der Waals surface area contributed by atoms with Crippen molar-refractivity contribution in [3.05, 3.63) is 53.6 Å². The van der Waals surface area contributed by atoms with Crippen molar-refractivity contribution in [1.29, 1.82) is 0 Å². The molecule has 0 spiro atoms. The lowest BCUT2D eigenvalue weighted by Crippen LogP contribution is -2.25. The molecule has 2 aromatic rings. The maximum atomic E-state index is 12.4. The first kappa shape index (κ1) is 20.9. The molecule has 0 aromatic heterocycles. The van der Waals surface area contributed by atoms with Gasteiger partial charge >= 0.3 is 0 Å². The van der Waals surface area contributed by atoms with E-state index in [1.165, 1.54) is 5.56 Å². The molecule has 2 aromatic carbocycles. The van der Waals surface area contributed by atoms with E-state index in [2.05, 4.69) is 22.8 Å². The van der Waals surface area contributed by atoms with Gasteiger partial charge in [0.25, 0.3) is 5.91 Å². The third-order valence-electron chi connectivity index (χ3n) is 4.74. The van der Waals surface area contributed by atoms with Gasteiger partial charge in [-0.25, -0.2) is 0 Å². The molecule has 0 unspecified atom stereocenters. The molecular weight excluding hydrogens is 368 g/mol. The van der Waals surface area contributed by atoms with Gasteiger partial charge in [-0.3, -0.25) is 9.59 Å². The first-order valence-electron chi connectivity index (χ1n) is 10.2. The van der Waals surface area contributed by atoms with Crippen LogP contribution in [-0.2, 0) is 11.2 Å². The fourth-order valence-electron chi connectivity index (χ4n) is 3.25. The number of benzene rings is 2. The second-order valence-electron chi connectivity index (χ2n) is 7.01. The van der Waals surface area contributed by atoms with Crippen LogP contribution in [0, 0.1) is 0 Å². The zero-order valence-corrected chi connectivity index (χ0v) is 16.8. The average molecular weight is 396 g/mol. The number of Topliss-reactive ketones (excluding diaryl/α,β-unsaturated/α-hetero) is 1. The summed E-state index contributed by atoms with van der Waals surface area (Å²) in [5, 5.41) is 6.16. The number of ether oxygens (including phenoxy) is 2. The summed E-state index contributed by atoms with van der Waals surface area (Å²) in [6, 6.07) is 13.4. The molecule has 1 aliphatic heterocycles. The summed E-state index contributed by atoms with van der Waals surface area (Å²) in [5.74, 6) is 1.41. The minimum Gasteiger partial charge on any atom is -0.494 e. The largest absolute Gasteiger partial charge is 0.494 e. The standard InChI is InChI=1S/C23H28N2O4/c1-2-28-19-7-5-6-17(14-19)11-13-24-12-4-3-8-21(26)18-9-10-22-20(15-18)25-23(27)16-29-22/h5-7,9-10,14-15,24H,2-4,8,11-13,16H2,1H3,(H,25,27). The average Bonchev–Trinajstić information content (AvgIpc) is 2.73. The Morgan fingerprint density at radius 1 is 1.17 bits per heavy atom. The Kier molecular flexibility index (Phi) is 7.64. The van der Waals surface area contributed by atoms with Gasteiger partial charge in [0.05, 0.1) is 12.3 Å². The van der Waals surface area contributed by atoms with Gasteiger partial charge in [-0.1, -0.05) is 12.1 Å². The highest BCUT2D eigenvalue weighted by Crippen LogP contribution is 2.29. The number of carbonyl (C=O) groups excluding carboxylic acids is 2. The van der Waals surface area contributed by atoms with E-state index < -0.39 is 0 Å². The van der Waals surface area contributed by atoms with Crippen LogP contribution >= 0.6 is 0 Å². The molecule has 0 aliphatic carbocycles. The molecule has 0 atom stereocenters. The van der Waals surface area contributed by atoms with Gasteiger partial charge in [-0.2, -0.15) is 0 Å². The number of hydrogen-bond acceptors (Lipinski definition) is 5. The van der Waals surface area contributed by atoms with Gasteiger partial charge in [0.2, 0.25) is 0 Å². The van der Waals surface area contributed by atoms with Crippen LogP contribution in [0.2, 0.25) is 0 Å². The van der Waals surface area contributed by atoms with E-state index in [0.717, 1.165) is 38.1 Å². The number of nitrogens with one attached hydrogen (secondary N) is 2. The van der Waals surface area contributed by atoms with E-state index in [1.807, 2.05) is 19.1 Å². The van der Waals surface area contributed by atoms with Gasteiger partial charge in [0.15, 0.2) is 12.4 Å². The molecule has 0 bridgehead atoms. The topological polar surface area (TPSA) is 76.7 Å². The molecule has 0 radical (unpaired) electrons. The number of rotatable bonds is 11. The summed E-state index contributed by atoms with van der Waals surface area (Å²) in [7, 11) is 0. The highest BCUT2D eigenvalue weighted by Gasteiger charge is 2.17. The Labute approximate surface area is 171 Å². The van der Waals surface area contributed by atoms with Crippen molar-refractivity contribution in [3.8, 4) is 11.5 Å². The summed E-state index contributed by atoms with van der Waals surface area (Å²) >= 11 is 0. The second kappa shape index (κ2) is 10.6. The molecule has 2 N–H and O–H groups in total. The van der Waals surface area contributed by atoms with E-state index in [4.69, 9.17) is 9.47 Å². The predicted octanol–water partition coefficient (Wildman–Crippen LogP) is 3.60. The highest BCUT2D eigenvalue weighted by molar-refractivity contribution is 6.00. The predicted molar refractivity (Wildman–Crippen MR) is 113 cm³/mol. The van der Waals surface area contributed by atoms with Crippen molar-refractivity contribution in [1.82, 2.24) is 5.32 Å². The number of carbonyl (C=O) groups is 2. The zero-order valence-electron chi connectivity index (χ0n) is 16.8. The summed E-state index contributed by atoms with van der Waals surface area (Å²) in [4.78, 5) is 23.8. The van der Waals surface area contributed by atoms with Crippen LogP contribution in [0.4, 0.5) is 5.69 Å². The Hall–Kier alpha value is -2.86. The molecule has 1 amide bonds. The quantitative estimate of drug-likeness (QED) is 0.448. The highest BCUT2D eigenvalue weighted by atomic mass is 16.5. The molecule has 1 aliphatic rings. The Bertz CT molecular complexity index is 851. The van der Waals surface area contributed by atoms with Gasteiger partial charge in [-0.15, -0.1) is 0 Å². The van der Waals surface area contributed by atoms with Crippen molar-refractivity contribution >= 4 is 17.4 Å². The monoisotopic (exact) mass is 396 g/mol.